The van der Waals surface area contributed by atoms with Crippen LogP contribution in [-0.2, 0) is 28.7 Å². The molecule has 2 heterocycles. The zero-order chi connectivity index (χ0) is 25.6. The highest BCUT2D eigenvalue weighted by Crippen LogP contribution is 2.37. The van der Waals surface area contributed by atoms with Crippen LogP contribution in [0.1, 0.15) is 27.0 Å². The summed E-state index contributed by atoms with van der Waals surface area (Å²) >= 11 is 5.71. The molecule has 0 atom stereocenters. The summed E-state index contributed by atoms with van der Waals surface area (Å²) in [6, 6.07) is 14.8. The van der Waals surface area contributed by atoms with E-state index in [-0.39, 0.29) is 28.3 Å². The lowest BCUT2D eigenvalue weighted by atomic mass is 9.93. The Morgan fingerprint density at radius 2 is 1.78 bits per heavy atom. The highest BCUT2D eigenvalue weighted by molar-refractivity contribution is 6.30. The van der Waals surface area contributed by atoms with Gasteiger partial charge >= 0.3 is 17.8 Å². The Kier molecular flexibility index (Phi) is 5.80. The molecule has 0 saturated heterocycles. The van der Waals surface area contributed by atoms with Crippen molar-refractivity contribution in [3.8, 4) is 11.1 Å². The first-order valence-corrected chi connectivity index (χ1v) is 11.0. The fraction of sp³-hybridized carbons (Fsp3) is 0.115. The maximum absolute atomic E-state index is 13.5. The summed E-state index contributed by atoms with van der Waals surface area (Å²) in [6.45, 7) is 0.0457. The zero-order valence-corrected chi connectivity index (χ0v) is 19.0. The van der Waals surface area contributed by atoms with Gasteiger partial charge in [-0.3, -0.25) is 4.79 Å². The smallest absolute Gasteiger partial charge is 0.418 e. The number of esters is 1. The van der Waals surface area contributed by atoms with Gasteiger partial charge in [-0.05, 0) is 35.9 Å². The van der Waals surface area contributed by atoms with Crippen LogP contribution in [0.3, 0.4) is 0 Å². The third-order valence-electron chi connectivity index (χ3n) is 5.77. The van der Waals surface area contributed by atoms with Crippen LogP contribution in [0.2, 0.25) is 5.02 Å². The normalized spacial score (nSPS) is 12.9. The van der Waals surface area contributed by atoms with Gasteiger partial charge in [-0.2, -0.15) is 13.2 Å². The van der Waals surface area contributed by atoms with Crippen LogP contribution in [0, 0.1) is 0 Å². The number of ether oxygens (including phenoxy) is 1. The topological polar surface area (TPSA) is 85.6 Å². The number of carbonyl (C=O) groups is 2. The van der Waals surface area contributed by atoms with Crippen LogP contribution in [0.5, 0.6) is 0 Å². The lowest BCUT2D eigenvalue weighted by Gasteiger charge is -2.15. The Balaban J connectivity index is 1.61. The number of rotatable bonds is 4. The summed E-state index contributed by atoms with van der Waals surface area (Å²) < 4.78 is 50.9. The van der Waals surface area contributed by atoms with Gasteiger partial charge in [0.1, 0.15) is 12.2 Å². The first-order valence-electron chi connectivity index (χ1n) is 10.6. The molecule has 0 bridgehead atoms. The number of cyclic esters (lactones) is 1. The molecule has 10 heteroatoms. The Bertz CT molecular complexity index is 1600. The molecule has 1 aliphatic rings. The first kappa shape index (κ1) is 23.6. The van der Waals surface area contributed by atoms with Gasteiger partial charge in [0.15, 0.2) is 0 Å². The van der Waals surface area contributed by atoms with Gasteiger partial charge in [-0.15, -0.1) is 0 Å². The number of benzene rings is 3. The molecule has 0 spiro atoms. The Morgan fingerprint density at radius 3 is 2.50 bits per heavy atom. The number of alkyl halides is 3. The van der Waals surface area contributed by atoms with Crippen molar-refractivity contribution in [2.75, 3.05) is 5.32 Å². The number of carbonyl (C=O) groups excluding carboxylic acids is 2. The van der Waals surface area contributed by atoms with Crippen molar-refractivity contribution in [3.05, 3.63) is 98.4 Å². The summed E-state index contributed by atoms with van der Waals surface area (Å²) in [5.74, 6) is -1.39. The summed E-state index contributed by atoms with van der Waals surface area (Å²) in [4.78, 5) is 37.9. The molecule has 0 saturated carbocycles. The van der Waals surface area contributed by atoms with Gasteiger partial charge in [-0.25, -0.2) is 9.59 Å². The van der Waals surface area contributed by atoms with E-state index in [1.807, 2.05) is 0 Å². The van der Waals surface area contributed by atoms with Crippen molar-refractivity contribution < 1.29 is 31.9 Å². The Hall–Kier alpha value is -4.11. The van der Waals surface area contributed by atoms with Crippen molar-refractivity contribution in [1.82, 2.24) is 0 Å². The summed E-state index contributed by atoms with van der Waals surface area (Å²) in [5, 5.41) is 2.55. The molecule has 6 nitrogen and oxygen atoms in total. The number of anilines is 1. The molecule has 0 aliphatic carbocycles. The molecule has 1 N–H and O–H groups in total. The second-order valence-electron chi connectivity index (χ2n) is 8.10. The van der Waals surface area contributed by atoms with E-state index in [0.29, 0.717) is 28.1 Å². The maximum atomic E-state index is 13.5. The molecule has 0 fully saturated rings. The lowest BCUT2D eigenvalue weighted by Crippen LogP contribution is -2.22. The van der Waals surface area contributed by atoms with Crippen molar-refractivity contribution in [2.45, 2.75) is 19.2 Å². The molecule has 1 aliphatic heterocycles. The van der Waals surface area contributed by atoms with Crippen LogP contribution in [0.4, 0.5) is 18.9 Å². The molecule has 182 valence electrons. The van der Waals surface area contributed by atoms with E-state index in [2.05, 4.69) is 5.32 Å². The minimum Gasteiger partial charge on any atom is -0.457 e. The molecule has 0 radical (unpaired) electrons. The predicted octanol–water partition coefficient (Wildman–Crippen LogP) is 5.98. The van der Waals surface area contributed by atoms with Gasteiger partial charge in [0.2, 0.25) is 5.91 Å². The number of nitrogens with one attached hydrogen (secondary N) is 1. The highest BCUT2D eigenvalue weighted by Gasteiger charge is 2.34. The van der Waals surface area contributed by atoms with E-state index in [0.717, 1.165) is 6.07 Å². The van der Waals surface area contributed by atoms with Gasteiger partial charge < -0.3 is 14.5 Å². The summed E-state index contributed by atoms with van der Waals surface area (Å²) in [7, 11) is 0. The van der Waals surface area contributed by atoms with E-state index in [1.165, 1.54) is 12.1 Å². The number of amides is 1. The van der Waals surface area contributed by atoms with Crippen LogP contribution < -0.4 is 10.9 Å². The molecule has 4 aromatic rings. The number of hydrogen-bond donors (Lipinski definition) is 1. The van der Waals surface area contributed by atoms with Crippen LogP contribution >= 0.6 is 11.6 Å². The molecule has 36 heavy (non-hydrogen) atoms. The monoisotopic (exact) mass is 513 g/mol. The number of hydrogen-bond acceptors (Lipinski definition) is 5. The molecule has 1 aromatic heterocycles. The summed E-state index contributed by atoms with van der Waals surface area (Å²) in [5.41, 5.74) is -0.541. The first-order chi connectivity index (χ1) is 17.1. The van der Waals surface area contributed by atoms with Gasteiger partial charge in [0, 0.05) is 21.5 Å². The van der Waals surface area contributed by atoms with E-state index in [1.54, 1.807) is 36.4 Å². The Morgan fingerprint density at radius 1 is 1.03 bits per heavy atom. The van der Waals surface area contributed by atoms with E-state index >= 15 is 0 Å². The van der Waals surface area contributed by atoms with Crippen molar-refractivity contribution in [1.29, 1.82) is 0 Å². The van der Waals surface area contributed by atoms with Crippen LogP contribution in [-0.4, -0.2) is 11.9 Å². The van der Waals surface area contributed by atoms with E-state index < -0.39 is 41.4 Å². The average molecular weight is 514 g/mol. The van der Waals surface area contributed by atoms with Gasteiger partial charge in [-0.1, -0.05) is 41.9 Å². The summed E-state index contributed by atoms with van der Waals surface area (Å²) in [6.07, 6.45) is -5.32. The quantitative estimate of drug-likeness (QED) is 0.268. The highest BCUT2D eigenvalue weighted by atomic mass is 35.5. The van der Waals surface area contributed by atoms with Crippen molar-refractivity contribution >= 4 is 40.1 Å². The molecule has 1 amide bonds. The molecule has 5 rings (SSSR count). The Labute approximate surface area is 206 Å². The van der Waals surface area contributed by atoms with Gasteiger partial charge in [0.25, 0.3) is 0 Å². The fourth-order valence-corrected chi connectivity index (χ4v) is 4.34. The van der Waals surface area contributed by atoms with E-state index in [9.17, 15) is 27.6 Å². The molecule has 0 unspecified atom stereocenters. The fourth-order valence-electron chi connectivity index (χ4n) is 4.17. The third-order valence-corrected chi connectivity index (χ3v) is 6.00. The molecule has 3 aromatic carbocycles. The van der Waals surface area contributed by atoms with Crippen LogP contribution in [0.15, 0.2) is 69.9 Å². The minimum atomic E-state index is -4.76. The second kappa shape index (κ2) is 8.83. The molecular weight excluding hydrogens is 499 g/mol. The average Bonchev–Trinajstić information content (AvgIpc) is 3.19. The minimum absolute atomic E-state index is 0.0427. The molecular formula is C26H15ClF3NO5. The van der Waals surface area contributed by atoms with Crippen LogP contribution in [0.25, 0.3) is 22.1 Å². The maximum Gasteiger partial charge on any atom is 0.418 e. The zero-order valence-electron chi connectivity index (χ0n) is 18.2. The van der Waals surface area contributed by atoms with E-state index in [4.69, 9.17) is 20.8 Å². The second-order valence-corrected chi connectivity index (χ2v) is 8.54. The lowest BCUT2D eigenvalue weighted by molar-refractivity contribution is -0.137. The largest absolute Gasteiger partial charge is 0.457 e. The number of fused-ring (bicyclic) bond motifs is 2. The standard InChI is InChI=1S/C26H15ClF3NO5/c27-15-6-7-20(19(9-15)26(28,29)30)31-22(32)11-18-23(13-4-2-1-3-5-13)17-8-14-12-35-24(33)16(14)10-21(17)36-25(18)34/h1-10H,11-12H2,(H,31,32). The van der Waals surface area contributed by atoms with Crippen molar-refractivity contribution in [2.24, 2.45) is 0 Å². The van der Waals surface area contributed by atoms with Crippen molar-refractivity contribution in [3.63, 3.8) is 0 Å². The predicted molar refractivity (Wildman–Crippen MR) is 126 cm³/mol. The SMILES string of the molecule is O=C(Cc1c(-c2ccccc2)c2cc3c(cc2oc1=O)C(=O)OC3)Nc1ccc(Cl)cc1C(F)(F)F. The van der Waals surface area contributed by atoms with Gasteiger partial charge in [0.05, 0.1) is 28.8 Å². The number of halogens is 4. The third kappa shape index (κ3) is 4.33.